The van der Waals surface area contributed by atoms with Crippen LogP contribution in [0.15, 0.2) is 35.7 Å². The summed E-state index contributed by atoms with van der Waals surface area (Å²) in [4.78, 5) is 23.5. The quantitative estimate of drug-likeness (QED) is 0.814. The topological polar surface area (TPSA) is 51.0 Å². The van der Waals surface area contributed by atoms with Gasteiger partial charge >= 0.3 is 0 Å². The van der Waals surface area contributed by atoms with Gasteiger partial charge in [-0.15, -0.1) is 11.8 Å². The first-order valence-corrected chi connectivity index (χ1v) is 8.56. The summed E-state index contributed by atoms with van der Waals surface area (Å²) in [5.74, 6) is 1.98. The molecular weight excluding hydrogens is 296 g/mol. The number of thioether (sulfide) groups is 1. The fraction of sp³-hybridized carbons (Fsp3) is 0.438. The summed E-state index contributed by atoms with van der Waals surface area (Å²) < 4.78 is 2.00. The van der Waals surface area contributed by atoms with Gasteiger partial charge in [0.2, 0.25) is 0 Å². The van der Waals surface area contributed by atoms with Crippen LogP contribution in [0, 0.1) is 0 Å². The number of imidazole rings is 1. The average molecular weight is 316 g/mol. The fourth-order valence-electron chi connectivity index (χ4n) is 2.91. The number of aryl methyl sites for hydroxylation is 1. The maximum absolute atomic E-state index is 12.9. The van der Waals surface area contributed by atoms with Gasteiger partial charge in [0.05, 0.1) is 11.1 Å². The summed E-state index contributed by atoms with van der Waals surface area (Å²) >= 11 is 1.65. The lowest BCUT2D eigenvalue weighted by Gasteiger charge is -2.24. The second kappa shape index (κ2) is 6.52. The number of pyridine rings is 1. The van der Waals surface area contributed by atoms with E-state index in [1.54, 1.807) is 30.2 Å². The van der Waals surface area contributed by atoms with Gasteiger partial charge in [0, 0.05) is 37.7 Å². The lowest BCUT2D eigenvalue weighted by molar-refractivity contribution is 0.0727. The summed E-state index contributed by atoms with van der Waals surface area (Å²) in [5, 5.41) is 0.904. The standard InChI is InChI=1S/C16H20N4OS/c1-3-22-14-11-12(6-7-17-14)16(21)20-9-4-5-13(20)15-18-8-10-19(15)2/h6-8,10-11,13H,3-5,9H2,1-2H3. The van der Waals surface area contributed by atoms with Crippen LogP contribution in [-0.2, 0) is 7.05 Å². The van der Waals surface area contributed by atoms with Crippen molar-refractivity contribution in [3.63, 3.8) is 0 Å². The van der Waals surface area contributed by atoms with Gasteiger partial charge in [-0.3, -0.25) is 4.79 Å². The van der Waals surface area contributed by atoms with E-state index in [0.29, 0.717) is 5.56 Å². The van der Waals surface area contributed by atoms with Crippen LogP contribution in [0.25, 0.3) is 0 Å². The van der Waals surface area contributed by atoms with Crippen molar-refractivity contribution in [2.75, 3.05) is 12.3 Å². The second-order valence-electron chi connectivity index (χ2n) is 5.37. The van der Waals surface area contributed by atoms with Gasteiger partial charge in [0.15, 0.2) is 0 Å². The van der Waals surface area contributed by atoms with Gasteiger partial charge in [-0.25, -0.2) is 9.97 Å². The number of aromatic nitrogens is 3. The third-order valence-electron chi connectivity index (χ3n) is 3.94. The van der Waals surface area contributed by atoms with Crippen molar-refractivity contribution in [2.24, 2.45) is 7.05 Å². The van der Waals surface area contributed by atoms with E-state index in [4.69, 9.17) is 0 Å². The molecule has 0 saturated carbocycles. The number of hydrogen-bond acceptors (Lipinski definition) is 4. The molecule has 0 aliphatic carbocycles. The molecular formula is C16H20N4OS. The first-order valence-electron chi connectivity index (χ1n) is 7.57. The van der Waals surface area contributed by atoms with Crippen molar-refractivity contribution in [3.8, 4) is 0 Å². The molecule has 2 aromatic heterocycles. The maximum Gasteiger partial charge on any atom is 0.254 e. The Morgan fingerprint density at radius 2 is 2.27 bits per heavy atom. The first kappa shape index (κ1) is 15.1. The molecule has 0 radical (unpaired) electrons. The van der Waals surface area contributed by atoms with Crippen LogP contribution in [-0.4, -0.2) is 37.6 Å². The van der Waals surface area contributed by atoms with Gasteiger partial charge in [0.1, 0.15) is 5.82 Å². The van der Waals surface area contributed by atoms with Crippen LogP contribution in [0.3, 0.4) is 0 Å². The predicted octanol–water partition coefficient (Wildman–Crippen LogP) is 2.90. The SMILES string of the molecule is CCSc1cc(C(=O)N2CCCC2c2nccn2C)ccn1. The largest absolute Gasteiger partial charge is 0.336 e. The highest BCUT2D eigenvalue weighted by Crippen LogP contribution is 2.32. The third kappa shape index (κ3) is 2.88. The van der Waals surface area contributed by atoms with E-state index in [2.05, 4.69) is 16.9 Å². The van der Waals surface area contributed by atoms with Crippen molar-refractivity contribution in [3.05, 3.63) is 42.1 Å². The Balaban J connectivity index is 1.85. The van der Waals surface area contributed by atoms with Gasteiger partial charge < -0.3 is 9.47 Å². The van der Waals surface area contributed by atoms with Gasteiger partial charge in [-0.1, -0.05) is 6.92 Å². The summed E-state index contributed by atoms with van der Waals surface area (Å²) in [5.41, 5.74) is 0.715. The number of amides is 1. The zero-order valence-electron chi connectivity index (χ0n) is 12.9. The van der Waals surface area contributed by atoms with Gasteiger partial charge in [-0.2, -0.15) is 0 Å². The molecule has 1 unspecified atom stereocenters. The van der Waals surface area contributed by atoms with Crippen LogP contribution in [0.2, 0.25) is 0 Å². The molecule has 0 N–H and O–H groups in total. The van der Waals surface area contributed by atoms with E-state index in [9.17, 15) is 4.79 Å². The van der Waals surface area contributed by atoms with Gasteiger partial charge in [0.25, 0.3) is 5.91 Å². The average Bonchev–Trinajstić information content (AvgIpc) is 3.15. The predicted molar refractivity (Wildman–Crippen MR) is 86.9 cm³/mol. The minimum Gasteiger partial charge on any atom is -0.336 e. The number of carbonyl (C=O) groups is 1. The van der Waals surface area contributed by atoms with E-state index in [-0.39, 0.29) is 11.9 Å². The summed E-state index contributed by atoms with van der Waals surface area (Å²) in [6, 6.07) is 3.77. The molecule has 1 aliphatic rings. The van der Waals surface area contributed by atoms with E-state index in [1.165, 1.54) is 0 Å². The molecule has 1 aliphatic heterocycles. The number of carbonyl (C=O) groups excluding carboxylic acids is 1. The van der Waals surface area contributed by atoms with Gasteiger partial charge in [-0.05, 0) is 30.7 Å². The number of rotatable bonds is 4. The van der Waals surface area contributed by atoms with Crippen molar-refractivity contribution in [1.29, 1.82) is 0 Å². The monoisotopic (exact) mass is 316 g/mol. The smallest absolute Gasteiger partial charge is 0.254 e. The van der Waals surface area contributed by atoms with E-state index in [1.807, 2.05) is 28.8 Å². The summed E-state index contributed by atoms with van der Waals surface area (Å²) in [6.07, 6.45) is 7.43. The number of nitrogens with zero attached hydrogens (tertiary/aromatic N) is 4. The summed E-state index contributed by atoms with van der Waals surface area (Å²) in [6.45, 7) is 2.87. The van der Waals surface area contributed by atoms with Crippen LogP contribution in [0.1, 0.15) is 42.0 Å². The molecule has 1 atom stereocenters. The molecule has 1 saturated heterocycles. The van der Waals surface area contributed by atoms with Crippen molar-refractivity contribution in [2.45, 2.75) is 30.8 Å². The lowest BCUT2D eigenvalue weighted by Crippen LogP contribution is -2.31. The molecule has 0 bridgehead atoms. The van der Waals surface area contributed by atoms with Crippen LogP contribution in [0.4, 0.5) is 0 Å². The normalized spacial score (nSPS) is 17.9. The molecule has 0 aromatic carbocycles. The fourth-order valence-corrected chi connectivity index (χ4v) is 3.55. The molecule has 2 aromatic rings. The molecule has 6 heteroatoms. The molecule has 22 heavy (non-hydrogen) atoms. The Bertz CT molecular complexity index is 670. The Hall–Kier alpha value is -1.82. The molecule has 1 fully saturated rings. The molecule has 0 spiro atoms. The van der Waals surface area contributed by atoms with Crippen LogP contribution < -0.4 is 0 Å². The Labute approximate surface area is 134 Å². The van der Waals surface area contributed by atoms with E-state index < -0.39 is 0 Å². The second-order valence-corrected chi connectivity index (χ2v) is 6.65. The van der Waals surface area contributed by atoms with Crippen molar-refractivity contribution >= 4 is 17.7 Å². The Morgan fingerprint density at radius 1 is 1.41 bits per heavy atom. The van der Waals surface area contributed by atoms with E-state index in [0.717, 1.165) is 36.0 Å². The zero-order chi connectivity index (χ0) is 15.5. The van der Waals surface area contributed by atoms with Crippen molar-refractivity contribution in [1.82, 2.24) is 19.4 Å². The molecule has 1 amide bonds. The molecule has 3 heterocycles. The number of hydrogen-bond donors (Lipinski definition) is 0. The highest BCUT2D eigenvalue weighted by atomic mass is 32.2. The van der Waals surface area contributed by atoms with E-state index >= 15 is 0 Å². The first-order chi connectivity index (χ1) is 10.7. The third-order valence-corrected chi connectivity index (χ3v) is 4.75. The zero-order valence-corrected chi connectivity index (χ0v) is 13.7. The van der Waals surface area contributed by atoms with Crippen LogP contribution >= 0.6 is 11.8 Å². The lowest BCUT2D eigenvalue weighted by atomic mass is 10.2. The minimum atomic E-state index is 0.0722. The molecule has 116 valence electrons. The van der Waals surface area contributed by atoms with Crippen LogP contribution in [0.5, 0.6) is 0 Å². The minimum absolute atomic E-state index is 0.0722. The van der Waals surface area contributed by atoms with Crippen molar-refractivity contribution < 1.29 is 4.79 Å². The Morgan fingerprint density at radius 3 is 3.00 bits per heavy atom. The number of likely N-dealkylation sites (tertiary alicyclic amines) is 1. The highest BCUT2D eigenvalue weighted by Gasteiger charge is 2.32. The Kier molecular flexibility index (Phi) is 4.47. The maximum atomic E-state index is 12.9. The highest BCUT2D eigenvalue weighted by molar-refractivity contribution is 7.99. The molecule has 3 rings (SSSR count). The summed E-state index contributed by atoms with van der Waals surface area (Å²) in [7, 11) is 1.98. The molecule has 5 nitrogen and oxygen atoms in total.